The Hall–Kier alpha value is -1.90. The van der Waals surface area contributed by atoms with Crippen LogP contribution in [0.5, 0.6) is 11.5 Å². The lowest BCUT2D eigenvalue weighted by molar-refractivity contribution is 0.474. The van der Waals surface area contributed by atoms with Crippen molar-refractivity contribution in [3.05, 3.63) is 69.7 Å². The summed E-state index contributed by atoms with van der Waals surface area (Å²) in [6, 6.07) is 7.00. The first-order valence-electron chi connectivity index (χ1n) is 6.24. The number of rotatable bonds is 4. The minimum atomic E-state index is 0.0194. The molecule has 0 saturated carbocycles. The number of aromatic hydroxyl groups is 2. The van der Waals surface area contributed by atoms with Crippen LogP contribution in [0.2, 0.25) is 10.0 Å². The van der Waals surface area contributed by atoms with E-state index in [9.17, 15) is 10.2 Å². The molecule has 0 aliphatic rings. The van der Waals surface area contributed by atoms with Crippen molar-refractivity contribution in [3.63, 3.8) is 0 Å². The molecule has 0 fully saturated rings. The van der Waals surface area contributed by atoms with Crippen molar-refractivity contribution in [2.24, 2.45) is 0 Å². The molecule has 108 valence electrons. The molecule has 21 heavy (non-hydrogen) atoms. The Balaban J connectivity index is 2.43. The minimum Gasteiger partial charge on any atom is -0.506 e. The van der Waals surface area contributed by atoms with Gasteiger partial charge >= 0.3 is 0 Å². The summed E-state index contributed by atoms with van der Waals surface area (Å²) in [6.45, 7) is 7.30. The highest BCUT2D eigenvalue weighted by atomic mass is 35.5. The maximum Gasteiger partial charge on any atom is 0.141 e. The molecule has 0 bridgehead atoms. The molecule has 2 aromatic carbocycles. The summed E-state index contributed by atoms with van der Waals surface area (Å²) in [6.07, 6.45) is 3.65. The van der Waals surface area contributed by atoms with Crippen LogP contribution in [0.1, 0.15) is 22.3 Å². The number of hydrogen-bond acceptors (Lipinski definition) is 2. The highest BCUT2D eigenvalue weighted by molar-refractivity contribution is 6.32. The molecular weight excluding hydrogens is 307 g/mol. The summed E-state index contributed by atoms with van der Waals surface area (Å²) in [5.74, 6) is 0.0388. The van der Waals surface area contributed by atoms with Crippen LogP contribution in [0.25, 0.3) is 12.2 Å². The van der Waals surface area contributed by atoms with Gasteiger partial charge in [-0.25, -0.2) is 0 Å². The van der Waals surface area contributed by atoms with Crippen molar-refractivity contribution in [2.75, 3.05) is 0 Å². The molecule has 0 spiro atoms. The highest BCUT2D eigenvalue weighted by Gasteiger charge is 2.10. The molecule has 0 atom stereocenters. The predicted molar refractivity (Wildman–Crippen MR) is 89.2 cm³/mol. The highest BCUT2D eigenvalue weighted by Crippen LogP contribution is 2.33. The first-order valence-corrected chi connectivity index (χ1v) is 6.99. The van der Waals surface area contributed by atoms with Crippen LogP contribution in [0.3, 0.4) is 0 Å². The summed E-state index contributed by atoms with van der Waals surface area (Å²) in [5, 5.41) is 20.1. The topological polar surface area (TPSA) is 40.5 Å². The standard InChI is InChI=1S/C17H14Cl2O2/c1-3-12-6-10(8-14(18)16(12)20)5-11-7-13(4-2)17(21)15(19)9-11/h3-4,6-9,20-21H,1-2,5H2. The SMILES string of the molecule is C=Cc1cc(Cc2cc(Cl)c(O)c(C=C)c2)cc(Cl)c1O. The Morgan fingerprint density at radius 1 is 0.810 bits per heavy atom. The molecule has 2 rings (SSSR count). The molecule has 2 nitrogen and oxygen atoms in total. The summed E-state index contributed by atoms with van der Waals surface area (Å²) in [4.78, 5) is 0. The second kappa shape index (κ2) is 6.25. The van der Waals surface area contributed by atoms with E-state index in [0.29, 0.717) is 17.5 Å². The largest absolute Gasteiger partial charge is 0.506 e. The van der Waals surface area contributed by atoms with Gasteiger partial charge in [0.05, 0.1) is 10.0 Å². The Bertz CT molecular complexity index is 660. The maximum absolute atomic E-state index is 9.78. The molecule has 2 aromatic rings. The van der Waals surface area contributed by atoms with Crippen LogP contribution in [-0.2, 0) is 6.42 Å². The van der Waals surface area contributed by atoms with Crippen LogP contribution >= 0.6 is 23.2 Å². The summed E-state index contributed by atoms with van der Waals surface area (Å²) in [7, 11) is 0. The number of phenols is 2. The average molecular weight is 321 g/mol. The van der Waals surface area contributed by atoms with Gasteiger partial charge in [0.15, 0.2) is 0 Å². The van der Waals surface area contributed by atoms with Gasteiger partial charge in [0, 0.05) is 11.1 Å². The zero-order valence-electron chi connectivity index (χ0n) is 11.2. The van der Waals surface area contributed by atoms with Crippen molar-refractivity contribution >= 4 is 35.4 Å². The van der Waals surface area contributed by atoms with E-state index in [-0.39, 0.29) is 21.5 Å². The Morgan fingerprint density at radius 3 is 1.52 bits per heavy atom. The Morgan fingerprint density at radius 2 is 1.19 bits per heavy atom. The minimum absolute atomic E-state index is 0.0194. The summed E-state index contributed by atoms with van der Waals surface area (Å²) >= 11 is 12.0. The van der Waals surface area contributed by atoms with E-state index in [1.165, 1.54) is 0 Å². The fourth-order valence-corrected chi connectivity index (χ4v) is 2.61. The van der Waals surface area contributed by atoms with Crippen molar-refractivity contribution in [1.82, 2.24) is 0 Å². The third-order valence-corrected chi connectivity index (χ3v) is 3.73. The second-order valence-electron chi connectivity index (χ2n) is 4.62. The van der Waals surface area contributed by atoms with Crippen molar-refractivity contribution in [1.29, 1.82) is 0 Å². The third kappa shape index (κ3) is 3.23. The normalized spacial score (nSPS) is 10.4. The van der Waals surface area contributed by atoms with Gasteiger partial charge in [0.2, 0.25) is 0 Å². The molecule has 0 amide bonds. The van der Waals surface area contributed by atoms with E-state index >= 15 is 0 Å². The number of halogens is 2. The molecule has 2 N–H and O–H groups in total. The molecular formula is C17H14Cl2O2. The zero-order chi connectivity index (χ0) is 15.6. The van der Waals surface area contributed by atoms with Gasteiger partial charge in [0.1, 0.15) is 11.5 Å². The van der Waals surface area contributed by atoms with E-state index < -0.39 is 0 Å². The lowest BCUT2D eigenvalue weighted by atomic mass is 10.00. The van der Waals surface area contributed by atoms with Gasteiger partial charge in [-0.2, -0.15) is 0 Å². The first-order chi connectivity index (χ1) is 9.96. The average Bonchev–Trinajstić information content (AvgIpc) is 2.46. The number of benzene rings is 2. The lowest BCUT2D eigenvalue weighted by Gasteiger charge is -2.10. The third-order valence-electron chi connectivity index (χ3n) is 3.15. The lowest BCUT2D eigenvalue weighted by Crippen LogP contribution is -1.92. The molecule has 4 heteroatoms. The van der Waals surface area contributed by atoms with Crippen LogP contribution in [0, 0.1) is 0 Å². The van der Waals surface area contributed by atoms with Crippen molar-refractivity contribution < 1.29 is 10.2 Å². The zero-order valence-corrected chi connectivity index (χ0v) is 12.7. The van der Waals surface area contributed by atoms with E-state index in [1.54, 1.807) is 24.3 Å². The van der Waals surface area contributed by atoms with Gasteiger partial charge < -0.3 is 10.2 Å². The van der Waals surface area contributed by atoms with Crippen molar-refractivity contribution in [2.45, 2.75) is 6.42 Å². The molecule has 0 heterocycles. The fourth-order valence-electron chi connectivity index (χ4n) is 2.11. The first kappa shape index (κ1) is 15.5. The number of hydrogen-bond donors (Lipinski definition) is 2. The van der Waals surface area contributed by atoms with Gasteiger partial charge in [-0.15, -0.1) is 0 Å². The molecule has 0 aliphatic carbocycles. The van der Waals surface area contributed by atoms with E-state index in [2.05, 4.69) is 13.2 Å². The van der Waals surface area contributed by atoms with Gasteiger partial charge in [-0.3, -0.25) is 0 Å². The van der Waals surface area contributed by atoms with Gasteiger partial charge in [0.25, 0.3) is 0 Å². The van der Waals surface area contributed by atoms with Gasteiger partial charge in [-0.05, 0) is 41.8 Å². The number of phenolic OH excluding ortho intramolecular Hbond substituents is 2. The van der Waals surface area contributed by atoms with Crippen molar-refractivity contribution in [3.8, 4) is 11.5 Å². The predicted octanol–water partition coefficient (Wildman–Crippen LogP) is 5.28. The maximum atomic E-state index is 9.78. The van der Waals surface area contributed by atoms with Crippen LogP contribution < -0.4 is 0 Å². The van der Waals surface area contributed by atoms with E-state index in [1.807, 2.05) is 12.1 Å². The summed E-state index contributed by atoms with van der Waals surface area (Å²) in [5.41, 5.74) is 2.96. The van der Waals surface area contributed by atoms with Crippen LogP contribution in [0.4, 0.5) is 0 Å². The quantitative estimate of drug-likeness (QED) is 0.804. The fraction of sp³-hybridized carbons (Fsp3) is 0.0588. The molecule has 0 aliphatic heterocycles. The van der Waals surface area contributed by atoms with Crippen LogP contribution in [0.15, 0.2) is 37.4 Å². The molecule has 0 aromatic heterocycles. The monoisotopic (exact) mass is 320 g/mol. The van der Waals surface area contributed by atoms with E-state index in [0.717, 1.165) is 11.1 Å². The van der Waals surface area contributed by atoms with E-state index in [4.69, 9.17) is 23.2 Å². The second-order valence-corrected chi connectivity index (χ2v) is 5.43. The Labute approximate surface area is 133 Å². The smallest absolute Gasteiger partial charge is 0.141 e. The molecule has 0 saturated heterocycles. The Kier molecular flexibility index (Phi) is 4.61. The molecule has 0 radical (unpaired) electrons. The summed E-state index contributed by atoms with van der Waals surface area (Å²) < 4.78 is 0. The molecule has 0 unspecified atom stereocenters. The van der Waals surface area contributed by atoms with Gasteiger partial charge in [-0.1, -0.05) is 48.5 Å². The van der Waals surface area contributed by atoms with Crippen LogP contribution in [-0.4, -0.2) is 10.2 Å².